The van der Waals surface area contributed by atoms with Crippen molar-refractivity contribution < 1.29 is 17.9 Å². The third-order valence-electron chi connectivity index (χ3n) is 6.41. The van der Waals surface area contributed by atoms with Crippen LogP contribution in [0.3, 0.4) is 0 Å². The summed E-state index contributed by atoms with van der Waals surface area (Å²) in [6.07, 6.45) is 1.78. The number of hydrogen-bond acceptors (Lipinski definition) is 5. The molecule has 1 aliphatic carbocycles. The van der Waals surface area contributed by atoms with E-state index in [2.05, 4.69) is 14.2 Å². The van der Waals surface area contributed by atoms with E-state index >= 15 is 0 Å². The highest BCUT2D eigenvalue weighted by atomic mass is 32.2. The van der Waals surface area contributed by atoms with Crippen molar-refractivity contribution in [3.05, 3.63) is 23.5 Å². The maximum Gasteiger partial charge on any atom is 0.433 e. The Balaban J connectivity index is 1.26. The van der Waals surface area contributed by atoms with Crippen LogP contribution in [0.2, 0.25) is 0 Å². The molecule has 0 aromatic carbocycles. The first-order valence-corrected chi connectivity index (χ1v) is 10.8. The van der Waals surface area contributed by atoms with Crippen LogP contribution in [-0.2, 0) is 10.9 Å². The maximum absolute atomic E-state index is 12.8. The van der Waals surface area contributed by atoms with Crippen LogP contribution in [0.4, 0.5) is 13.2 Å². The van der Waals surface area contributed by atoms with Gasteiger partial charge in [-0.2, -0.15) is 13.2 Å². The molecule has 0 N–H and O–H groups in total. The van der Waals surface area contributed by atoms with E-state index in [1.165, 1.54) is 31.2 Å². The summed E-state index contributed by atoms with van der Waals surface area (Å²) in [6, 6.07) is 2.61. The van der Waals surface area contributed by atoms with E-state index in [-0.39, 0.29) is 5.60 Å². The van der Waals surface area contributed by atoms with Gasteiger partial charge >= 0.3 is 6.18 Å². The van der Waals surface area contributed by atoms with Gasteiger partial charge in [0.1, 0.15) is 5.69 Å². The normalized spacial score (nSPS) is 24.8. The van der Waals surface area contributed by atoms with E-state index in [0.29, 0.717) is 11.1 Å². The van der Waals surface area contributed by atoms with E-state index in [1.54, 1.807) is 13.0 Å². The van der Waals surface area contributed by atoms with Crippen molar-refractivity contribution in [2.45, 2.75) is 55.7 Å². The molecule has 3 fully saturated rings. The Morgan fingerprint density at radius 1 is 1.11 bits per heavy atom. The highest BCUT2D eigenvalue weighted by Gasteiger charge is 2.53. The number of halogens is 3. The fourth-order valence-corrected chi connectivity index (χ4v) is 6.21. The van der Waals surface area contributed by atoms with Crippen molar-refractivity contribution in [2.24, 2.45) is 5.41 Å². The molecule has 0 amide bonds. The summed E-state index contributed by atoms with van der Waals surface area (Å²) in [4.78, 5) is 7.05. The summed E-state index contributed by atoms with van der Waals surface area (Å²) < 4.78 is 46.4. The van der Waals surface area contributed by atoms with E-state index < -0.39 is 11.9 Å². The van der Waals surface area contributed by atoms with Crippen molar-refractivity contribution >= 4 is 11.9 Å². The van der Waals surface area contributed by atoms with Gasteiger partial charge in [-0.15, -0.1) is 0 Å². The van der Waals surface area contributed by atoms with Gasteiger partial charge in [-0.05, 0) is 43.8 Å². The molecular weight excluding hydrogens is 387 g/mol. The zero-order chi connectivity index (χ0) is 20.0. The number of methoxy groups -OCH3 is 1. The molecule has 3 aliphatic rings. The summed E-state index contributed by atoms with van der Waals surface area (Å²) >= 11 is 1.53. The van der Waals surface area contributed by atoms with E-state index in [9.17, 15) is 13.2 Å². The molecular formula is C20H28F3N3OS. The van der Waals surface area contributed by atoms with E-state index in [0.717, 1.165) is 56.5 Å². The molecule has 1 aromatic rings. The van der Waals surface area contributed by atoms with E-state index in [1.807, 2.05) is 7.11 Å². The first-order valence-electron chi connectivity index (χ1n) is 9.98. The standard InChI is InChI=1S/C20H28F3N3OS/c1-15-16(6-7-17(24-15)20(21,22)23)28-26-12-18(13-26)10-25(11-18)14-19(27-2)8-4-3-5-9-19/h6-7H,3-5,8-14H2,1-2H3. The summed E-state index contributed by atoms with van der Waals surface area (Å²) in [7, 11) is 1.85. The fraction of sp³-hybridized carbons (Fsp3) is 0.750. The third kappa shape index (κ3) is 4.06. The number of pyridine rings is 1. The molecule has 1 saturated carbocycles. The quantitative estimate of drug-likeness (QED) is 0.666. The van der Waals surface area contributed by atoms with E-state index in [4.69, 9.17) is 4.74 Å². The topological polar surface area (TPSA) is 28.6 Å². The lowest BCUT2D eigenvalue weighted by Crippen LogP contribution is -2.72. The molecule has 4 nitrogen and oxygen atoms in total. The molecule has 2 aliphatic heterocycles. The van der Waals surface area contributed by atoms with Crippen molar-refractivity contribution in [3.8, 4) is 0 Å². The van der Waals surface area contributed by atoms with Gasteiger partial charge < -0.3 is 4.74 Å². The zero-order valence-corrected chi connectivity index (χ0v) is 17.3. The maximum atomic E-state index is 12.8. The number of alkyl halides is 3. The van der Waals surface area contributed by atoms with Gasteiger partial charge in [0.15, 0.2) is 0 Å². The molecule has 4 rings (SSSR count). The summed E-state index contributed by atoms with van der Waals surface area (Å²) in [5, 5.41) is 0. The first kappa shape index (κ1) is 20.4. The summed E-state index contributed by atoms with van der Waals surface area (Å²) in [5.41, 5.74) is 0.0134. The van der Waals surface area contributed by atoms with Crippen molar-refractivity contribution in [2.75, 3.05) is 39.8 Å². The van der Waals surface area contributed by atoms with Crippen LogP contribution in [0, 0.1) is 12.3 Å². The molecule has 0 unspecified atom stereocenters. The predicted octanol–water partition coefficient (Wildman–Crippen LogP) is 4.38. The molecule has 1 spiro atoms. The van der Waals surface area contributed by atoms with Gasteiger partial charge in [-0.25, -0.2) is 9.29 Å². The number of ether oxygens (including phenoxy) is 1. The lowest BCUT2D eigenvalue weighted by atomic mass is 9.73. The molecule has 1 aromatic heterocycles. The van der Waals surface area contributed by atoms with Gasteiger partial charge in [0.25, 0.3) is 0 Å². The Morgan fingerprint density at radius 3 is 2.36 bits per heavy atom. The Hall–Kier alpha value is -0.830. The summed E-state index contributed by atoms with van der Waals surface area (Å²) in [6.45, 7) is 6.83. The van der Waals surface area contributed by atoms with Gasteiger partial charge in [-0.1, -0.05) is 19.3 Å². The average Bonchev–Trinajstić information content (AvgIpc) is 2.59. The molecule has 8 heteroatoms. The van der Waals surface area contributed by atoms with Crippen molar-refractivity contribution in [1.82, 2.24) is 14.2 Å². The second-order valence-electron chi connectivity index (χ2n) is 8.76. The highest BCUT2D eigenvalue weighted by molar-refractivity contribution is 7.97. The van der Waals surface area contributed by atoms with Gasteiger partial charge in [0.2, 0.25) is 0 Å². The number of likely N-dealkylation sites (tertiary alicyclic amines) is 1. The van der Waals surface area contributed by atoms with Crippen LogP contribution >= 0.6 is 11.9 Å². The number of nitrogens with zero attached hydrogens (tertiary/aromatic N) is 3. The minimum Gasteiger partial charge on any atom is -0.377 e. The Labute approximate surface area is 168 Å². The number of rotatable bonds is 5. The lowest BCUT2D eigenvalue weighted by Gasteiger charge is -2.61. The van der Waals surface area contributed by atoms with Crippen LogP contribution in [-0.4, -0.2) is 59.6 Å². The molecule has 0 bridgehead atoms. The molecule has 2 saturated heterocycles. The minimum atomic E-state index is -4.39. The molecule has 156 valence electrons. The molecule has 0 radical (unpaired) electrons. The number of aromatic nitrogens is 1. The minimum absolute atomic E-state index is 0.0427. The van der Waals surface area contributed by atoms with Crippen molar-refractivity contribution in [1.29, 1.82) is 0 Å². The largest absolute Gasteiger partial charge is 0.433 e. The Morgan fingerprint density at radius 2 is 1.79 bits per heavy atom. The second kappa shape index (κ2) is 7.45. The van der Waals surface area contributed by atoms with Crippen LogP contribution in [0.1, 0.15) is 43.5 Å². The number of hydrogen-bond donors (Lipinski definition) is 0. The summed E-state index contributed by atoms with van der Waals surface area (Å²) in [5.74, 6) is 0. The van der Waals surface area contributed by atoms with Gasteiger partial charge in [0, 0.05) is 50.1 Å². The van der Waals surface area contributed by atoms with Crippen molar-refractivity contribution in [3.63, 3.8) is 0 Å². The smallest absolute Gasteiger partial charge is 0.377 e. The zero-order valence-electron chi connectivity index (χ0n) is 16.5. The van der Waals surface area contributed by atoms with Crippen LogP contribution < -0.4 is 0 Å². The fourth-order valence-electron chi connectivity index (χ4n) is 4.95. The first-order chi connectivity index (χ1) is 13.2. The Kier molecular flexibility index (Phi) is 5.44. The van der Waals surface area contributed by atoms with Gasteiger partial charge in [-0.3, -0.25) is 4.90 Å². The number of aryl methyl sites for hydroxylation is 1. The third-order valence-corrected chi connectivity index (χ3v) is 7.55. The monoisotopic (exact) mass is 415 g/mol. The average molecular weight is 416 g/mol. The van der Waals surface area contributed by atoms with Crippen LogP contribution in [0.5, 0.6) is 0 Å². The van der Waals surface area contributed by atoms with Crippen LogP contribution in [0.15, 0.2) is 17.0 Å². The molecule has 0 atom stereocenters. The lowest BCUT2D eigenvalue weighted by molar-refractivity contribution is -0.141. The van der Waals surface area contributed by atoms with Gasteiger partial charge in [0.05, 0.1) is 11.3 Å². The molecule has 3 heterocycles. The SMILES string of the molecule is COC1(CN2CC3(C2)CN(Sc2ccc(C(F)(F)F)nc2C)C3)CCCCC1. The second-order valence-corrected chi connectivity index (χ2v) is 9.90. The predicted molar refractivity (Wildman–Crippen MR) is 103 cm³/mol. The molecule has 28 heavy (non-hydrogen) atoms. The Bertz CT molecular complexity index is 707. The highest BCUT2D eigenvalue weighted by Crippen LogP contribution is 2.46. The van der Waals surface area contributed by atoms with Crippen LogP contribution in [0.25, 0.3) is 0 Å².